The van der Waals surface area contributed by atoms with E-state index in [9.17, 15) is 22.8 Å². The van der Waals surface area contributed by atoms with Crippen LogP contribution in [0.15, 0.2) is 70.0 Å². The molecule has 264 valence electrons. The molecular weight excluding hydrogens is 694 g/mol. The van der Waals surface area contributed by atoms with Crippen molar-refractivity contribution in [2.24, 2.45) is 0 Å². The van der Waals surface area contributed by atoms with Crippen molar-refractivity contribution in [1.82, 2.24) is 25.1 Å². The van der Waals surface area contributed by atoms with Crippen molar-refractivity contribution < 1.29 is 27.1 Å². The van der Waals surface area contributed by atoms with Crippen molar-refractivity contribution in [3.05, 3.63) is 111 Å². The number of aryl methyl sites for hydroxylation is 2. The highest BCUT2D eigenvalue weighted by Crippen LogP contribution is 2.50. The number of nitrogens with zero attached hydrogens (tertiary/aromatic N) is 4. The van der Waals surface area contributed by atoms with E-state index >= 15 is 0 Å². The zero-order valence-corrected chi connectivity index (χ0v) is 28.7. The molecule has 2 unspecified atom stereocenters. The molecule has 0 radical (unpaired) electrons. The summed E-state index contributed by atoms with van der Waals surface area (Å²) in [5, 5.41) is 11.1. The first-order chi connectivity index (χ1) is 25.2. The van der Waals surface area contributed by atoms with Crippen LogP contribution in [-0.2, 0) is 25.4 Å². The summed E-state index contributed by atoms with van der Waals surface area (Å²) >= 11 is 1.46. The molecule has 1 saturated heterocycles. The zero-order chi connectivity index (χ0) is 35.7. The second kappa shape index (κ2) is 12.3. The van der Waals surface area contributed by atoms with Gasteiger partial charge in [-0.1, -0.05) is 30.3 Å². The monoisotopic (exact) mass is 724 g/mol. The zero-order valence-electron chi connectivity index (χ0n) is 27.8. The number of halogens is 3. The van der Waals surface area contributed by atoms with Crippen molar-refractivity contribution in [2.45, 2.75) is 56.8 Å². The van der Waals surface area contributed by atoms with E-state index in [1.165, 1.54) is 23.0 Å². The summed E-state index contributed by atoms with van der Waals surface area (Å²) < 4.78 is 52.8. The molecule has 1 aliphatic carbocycles. The Bertz CT molecular complexity index is 2450. The molecule has 2 atom stereocenters. The van der Waals surface area contributed by atoms with Gasteiger partial charge in [0.2, 0.25) is 0 Å². The number of rotatable bonds is 8. The molecular formula is C38H31F3N6O4S. The maximum atomic E-state index is 14.2. The molecule has 6 heterocycles. The Hall–Kier alpha value is -5.50. The molecule has 2 aliphatic heterocycles. The van der Waals surface area contributed by atoms with Crippen molar-refractivity contribution >= 4 is 33.1 Å². The van der Waals surface area contributed by atoms with Crippen molar-refractivity contribution in [2.75, 3.05) is 19.0 Å². The number of hydrogen-bond acceptors (Lipinski definition) is 9. The smallest absolute Gasteiger partial charge is 0.434 e. The number of carbonyl (C=O) groups excluding carboxylic acids is 1. The van der Waals surface area contributed by atoms with Crippen LogP contribution in [0.25, 0.3) is 32.0 Å². The average molecular weight is 725 g/mol. The summed E-state index contributed by atoms with van der Waals surface area (Å²) in [4.78, 5) is 38.9. The van der Waals surface area contributed by atoms with Gasteiger partial charge in [-0.3, -0.25) is 9.78 Å². The molecule has 4 aromatic heterocycles. The first-order valence-corrected chi connectivity index (χ1v) is 17.9. The highest BCUT2D eigenvalue weighted by Gasteiger charge is 2.45. The van der Waals surface area contributed by atoms with E-state index < -0.39 is 17.5 Å². The first kappa shape index (κ1) is 32.4. The van der Waals surface area contributed by atoms with Gasteiger partial charge >= 0.3 is 11.9 Å². The lowest BCUT2D eigenvalue weighted by atomic mass is 9.92. The van der Waals surface area contributed by atoms with Gasteiger partial charge < -0.3 is 19.4 Å². The SMILES string of the molecule is COc1cccc2c1CCC2Nc1nccc2cc(-c3c4c(nc(CCc5cccc(C(F)(F)F)c5)c3-c3n[nH]c(=O)o3)C3CCCN3C4=O)sc12. The number of nitrogens with one attached hydrogen (secondary N) is 2. The van der Waals surface area contributed by atoms with E-state index in [1.54, 1.807) is 19.4 Å². The van der Waals surface area contributed by atoms with Crippen LogP contribution in [0.1, 0.15) is 75.3 Å². The van der Waals surface area contributed by atoms with Gasteiger partial charge in [0.15, 0.2) is 0 Å². The largest absolute Gasteiger partial charge is 0.496 e. The molecule has 0 bridgehead atoms. The van der Waals surface area contributed by atoms with Crippen LogP contribution in [0.5, 0.6) is 5.75 Å². The Morgan fingerprint density at radius 3 is 2.73 bits per heavy atom. The molecule has 2 aromatic carbocycles. The molecule has 3 aliphatic rings. The summed E-state index contributed by atoms with van der Waals surface area (Å²) in [6.07, 6.45) is 1.00. The van der Waals surface area contributed by atoms with Crippen LogP contribution in [0.3, 0.4) is 0 Å². The van der Waals surface area contributed by atoms with E-state index in [1.807, 2.05) is 29.2 Å². The molecule has 9 rings (SSSR count). The number of anilines is 1. The van der Waals surface area contributed by atoms with Gasteiger partial charge in [0, 0.05) is 23.2 Å². The fourth-order valence-electron chi connectivity index (χ4n) is 8.03. The number of hydrogen-bond donors (Lipinski definition) is 2. The molecule has 1 amide bonds. The number of fused-ring (bicyclic) bond motifs is 5. The van der Waals surface area contributed by atoms with Crippen LogP contribution in [0, 0.1) is 0 Å². The summed E-state index contributed by atoms with van der Waals surface area (Å²) in [6.45, 7) is 0.587. The molecule has 2 N–H and O–H groups in total. The summed E-state index contributed by atoms with van der Waals surface area (Å²) in [5.74, 6) is 0.584. The third-order valence-corrected chi connectivity index (χ3v) is 11.5. The molecule has 0 saturated carbocycles. The van der Waals surface area contributed by atoms with E-state index in [4.69, 9.17) is 19.1 Å². The minimum Gasteiger partial charge on any atom is -0.496 e. The quantitative estimate of drug-likeness (QED) is 0.162. The van der Waals surface area contributed by atoms with Gasteiger partial charge in [-0.05, 0) is 84.9 Å². The van der Waals surface area contributed by atoms with Crippen molar-refractivity contribution in [1.29, 1.82) is 0 Å². The second-order valence-corrected chi connectivity index (χ2v) is 14.3. The number of H-pyrrole nitrogens is 1. The third-order valence-electron chi connectivity index (χ3n) is 10.3. The molecule has 52 heavy (non-hydrogen) atoms. The van der Waals surface area contributed by atoms with Crippen molar-refractivity contribution in [3.63, 3.8) is 0 Å². The van der Waals surface area contributed by atoms with E-state index in [0.717, 1.165) is 64.1 Å². The van der Waals surface area contributed by atoms with Gasteiger partial charge in [0.1, 0.15) is 11.6 Å². The Kier molecular flexibility index (Phi) is 7.68. The normalized spacial score (nSPS) is 17.8. The summed E-state index contributed by atoms with van der Waals surface area (Å²) in [5.41, 5.74) is 4.52. The van der Waals surface area contributed by atoms with E-state index in [2.05, 4.69) is 21.6 Å². The van der Waals surface area contributed by atoms with Crippen LogP contribution in [0.2, 0.25) is 0 Å². The molecule has 1 fully saturated rings. The molecule has 0 spiro atoms. The highest BCUT2D eigenvalue weighted by atomic mass is 32.1. The van der Waals surface area contributed by atoms with Gasteiger partial charge in [0.25, 0.3) is 11.8 Å². The second-order valence-electron chi connectivity index (χ2n) is 13.3. The minimum atomic E-state index is -4.48. The minimum absolute atomic E-state index is 0.0176. The Balaban J connectivity index is 1.19. The predicted octanol–water partition coefficient (Wildman–Crippen LogP) is 7.90. The Morgan fingerprint density at radius 1 is 1.06 bits per heavy atom. The maximum Gasteiger partial charge on any atom is 0.434 e. The topological polar surface area (TPSA) is 126 Å². The number of aromatic amines is 1. The Labute approximate surface area is 298 Å². The number of benzene rings is 2. The lowest BCUT2D eigenvalue weighted by molar-refractivity contribution is -0.137. The maximum absolute atomic E-state index is 14.2. The number of thiophene rings is 1. The fraction of sp³-hybridized carbons (Fsp3) is 0.289. The number of ether oxygens (including phenoxy) is 1. The van der Waals surface area contributed by atoms with Crippen LogP contribution in [-0.4, -0.2) is 44.6 Å². The first-order valence-electron chi connectivity index (χ1n) is 17.1. The number of pyridine rings is 2. The number of amides is 1. The van der Waals surface area contributed by atoms with E-state index in [0.29, 0.717) is 46.0 Å². The summed E-state index contributed by atoms with van der Waals surface area (Å²) in [7, 11) is 1.68. The standard InChI is InChI=1S/C38H31F3N6O4S/c1-50-27-9-3-7-22-23(27)11-13-24(22)44-34-33-20(14-15-42-34)18-28(52-33)30-29(35-45-46-37(49)51-35)25(12-10-19-5-2-6-21(17-19)38(39,40)41)43-32-26-8-4-16-47(26)36(48)31(30)32/h2-3,5-7,9,14-15,17-18,24,26H,4,8,10-13,16H2,1H3,(H,42,44)(H,46,49). The molecule has 6 aromatic rings. The molecule has 14 heteroatoms. The van der Waals surface area contributed by atoms with Crippen LogP contribution in [0.4, 0.5) is 19.0 Å². The van der Waals surface area contributed by atoms with Gasteiger partial charge in [-0.15, -0.1) is 16.4 Å². The van der Waals surface area contributed by atoms with Gasteiger partial charge in [-0.25, -0.2) is 14.9 Å². The van der Waals surface area contributed by atoms with Gasteiger partial charge in [-0.2, -0.15) is 13.2 Å². The number of aromatic nitrogens is 4. The lowest BCUT2D eigenvalue weighted by Gasteiger charge is -2.16. The fourth-order valence-corrected chi connectivity index (χ4v) is 9.19. The van der Waals surface area contributed by atoms with E-state index in [-0.39, 0.29) is 36.7 Å². The van der Waals surface area contributed by atoms with Gasteiger partial charge in [0.05, 0.1) is 52.0 Å². The highest BCUT2D eigenvalue weighted by molar-refractivity contribution is 7.23. The lowest BCUT2D eigenvalue weighted by Crippen LogP contribution is -2.22. The van der Waals surface area contributed by atoms with Crippen LogP contribution >= 0.6 is 11.3 Å². The number of carbonyl (C=O) groups is 1. The third kappa shape index (κ3) is 5.35. The Morgan fingerprint density at radius 2 is 1.92 bits per heavy atom. The summed E-state index contributed by atoms with van der Waals surface area (Å²) in [6, 6.07) is 15.0. The average Bonchev–Trinajstić information content (AvgIpc) is 3.98. The molecule has 10 nitrogen and oxygen atoms in total. The van der Waals surface area contributed by atoms with Crippen LogP contribution < -0.4 is 15.8 Å². The predicted molar refractivity (Wildman–Crippen MR) is 189 cm³/mol. The van der Waals surface area contributed by atoms with Crippen molar-refractivity contribution in [3.8, 4) is 27.6 Å². The number of methoxy groups -OCH3 is 1. The number of alkyl halides is 3.